The summed E-state index contributed by atoms with van der Waals surface area (Å²) in [6.45, 7) is 4.12. The number of anilines is 1. The van der Waals surface area contributed by atoms with Crippen molar-refractivity contribution in [2.24, 2.45) is 0 Å². The van der Waals surface area contributed by atoms with Crippen molar-refractivity contribution in [1.82, 2.24) is 14.9 Å². The molecule has 2 aliphatic heterocycles. The minimum absolute atomic E-state index is 0.00671. The van der Waals surface area contributed by atoms with E-state index in [1.165, 1.54) is 0 Å². The van der Waals surface area contributed by atoms with Gasteiger partial charge in [-0.15, -0.1) is 0 Å². The van der Waals surface area contributed by atoms with Gasteiger partial charge in [0.05, 0.1) is 44.8 Å². The molecule has 2 aromatic heterocycles. The van der Waals surface area contributed by atoms with E-state index >= 15 is 0 Å². The highest BCUT2D eigenvalue weighted by atomic mass is 16.5. The highest BCUT2D eigenvalue weighted by molar-refractivity contribution is 5.94. The van der Waals surface area contributed by atoms with Gasteiger partial charge in [0, 0.05) is 37.2 Å². The first kappa shape index (κ1) is 16.9. The number of carbonyl (C=O) groups excluding carboxylic acids is 1. The van der Waals surface area contributed by atoms with Gasteiger partial charge in [-0.1, -0.05) is 0 Å². The highest BCUT2D eigenvalue weighted by Crippen LogP contribution is 2.26. The SMILES string of the molecule is O=C(c1ccncc1)N1CCO[C@@]2(COCCN(c3cccnc3)C2)C1. The smallest absolute Gasteiger partial charge is 0.254 e. The number of morpholine rings is 1. The zero-order chi connectivity index (χ0) is 17.8. The predicted molar refractivity (Wildman–Crippen MR) is 96.1 cm³/mol. The summed E-state index contributed by atoms with van der Waals surface area (Å²) in [6.07, 6.45) is 6.90. The number of rotatable bonds is 2. The van der Waals surface area contributed by atoms with E-state index in [1.807, 2.05) is 23.2 Å². The number of carbonyl (C=O) groups is 1. The van der Waals surface area contributed by atoms with Crippen molar-refractivity contribution in [1.29, 1.82) is 0 Å². The highest BCUT2D eigenvalue weighted by Gasteiger charge is 2.41. The van der Waals surface area contributed by atoms with Gasteiger partial charge in [0.25, 0.3) is 5.91 Å². The molecular weight excluding hydrogens is 332 g/mol. The number of aromatic nitrogens is 2. The molecule has 0 bridgehead atoms. The van der Waals surface area contributed by atoms with Crippen LogP contribution in [0.15, 0.2) is 49.1 Å². The number of nitrogens with zero attached hydrogens (tertiary/aromatic N) is 4. The van der Waals surface area contributed by atoms with E-state index in [0.29, 0.717) is 45.0 Å². The zero-order valence-electron chi connectivity index (χ0n) is 14.6. The first-order valence-corrected chi connectivity index (χ1v) is 8.82. The van der Waals surface area contributed by atoms with Gasteiger partial charge in [-0.25, -0.2) is 0 Å². The molecule has 0 aliphatic carbocycles. The molecule has 1 amide bonds. The van der Waals surface area contributed by atoms with Crippen molar-refractivity contribution in [3.8, 4) is 0 Å². The Morgan fingerprint density at radius 3 is 2.73 bits per heavy atom. The quantitative estimate of drug-likeness (QED) is 0.808. The van der Waals surface area contributed by atoms with Crippen molar-refractivity contribution in [2.75, 3.05) is 50.9 Å². The largest absolute Gasteiger partial charge is 0.376 e. The van der Waals surface area contributed by atoms with E-state index in [0.717, 1.165) is 12.2 Å². The van der Waals surface area contributed by atoms with Crippen LogP contribution in [0.4, 0.5) is 5.69 Å². The van der Waals surface area contributed by atoms with Crippen LogP contribution in [0.1, 0.15) is 10.4 Å². The standard InChI is InChI=1S/C19H22N4O3/c24-18(16-3-6-20-7-4-16)23-9-11-26-19(14-23)13-22(8-10-25-15-19)17-2-1-5-21-12-17/h1-7,12H,8-11,13-15H2/t19-/m1/s1. The van der Waals surface area contributed by atoms with Gasteiger partial charge in [-0.05, 0) is 24.3 Å². The van der Waals surface area contributed by atoms with Crippen LogP contribution < -0.4 is 4.90 Å². The molecule has 4 heterocycles. The van der Waals surface area contributed by atoms with Gasteiger partial charge in [0.2, 0.25) is 0 Å². The van der Waals surface area contributed by atoms with E-state index < -0.39 is 5.60 Å². The Hall–Kier alpha value is -2.51. The third kappa shape index (κ3) is 3.54. The van der Waals surface area contributed by atoms with Crippen molar-refractivity contribution in [3.63, 3.8) is 0 Å². The lowest BCUT2D eigenvalue weighted by Crippen LogP contribution is -2.60. The second-order valence-corrected chi connectivity index (χ2v) is 6.68. The van der Waals surface area contributed by atoms with E-state index in [2.05, 4.69) is 14.9 Å². The van der Waals surface area contributed by atoms with Crippen LogP contribution >= 0.6 is 0 Å². The molecule has 0 N–H and O–H groups in total. The summed E-state index contributed by atoms with van der Waals surface area (Å²) in [7, 11) is 0. The van der Waals surface area contributed by atoms with E-state index in [9.17, 15) is 4.79 Å². The van der Waals surface area contributed by atoms with Gasteiger partial charge in [0.1, 0.15) is 5.60 Å². The maximum Gasteiger partial charge on any atom is 0.254 e. The molecule has 0 radical (unpaired) electrons. The lowest BCUT2D eigenvalue weighted by atomic mass is 10.0. The summed E-state index contributed by atoms with van der Waals surface area (Å²) >= 11 is 0. The maximum atomic E-state index is 12.8. The number of ether oxygens (including phenoxy) is 2. The normalized spacial score (nSPS) is 23.7. The van der Waals surface area contributed by atoms with Gasteiger partial charge >= 0.3 is 0 Å². The minimum atomic E-state index is -0.534. The van der Waals surface area contributed by atoms with Crippen LogP contribution in [0.2, 0.25) is 0 Å². The molecular formula is C19H22N4O3. The van der Waals surface area contributed by atoms with Crippen molar-refractivity contribution < 1.29 is 14.3 Å². The molecule has 0 aromatic carbocycles. The molecule has 4 rings (SSSR count). The van der Waals surface area contributed by atoms with Crippen molar-refractivity contribution in [3.05, 3.63) is 54.6 Å². The molecule has 2 saturated heterocycles. The summed E-state index contributed by atoms with van der Waals surface area (Å²) in [5, 5.41) is 0. The first-order chi connectivity index (χ1) is 12.8. The molecule has 7 heteroatoms. The fourth-order valence-corrected chi connectivity index (χ4v) is 3.54. The van der Waals surface area contributed by atoms with Crippen LogP contribution in [0, 0.1) is 0 Å². The molecule has 1 atom stereocenters. The lowest BCUT2D eigenvalue weighted by molar-refractivity contribution is -0.124. The Kier molecular flexibility index (Phi) is 4.81. The lowest BCUT2D eigenvalue weighted by Gasteiger charge is -2.43. The Labute approximate surface area is 152 Å². The Bertz CT molecular complexity index is 743. The van der Waals surface area contributed by atoms with E-state index in [4.69, 9.17) is 9.47 Å². The second-order valence-electron chi connectivity index (χ2n) is 6.68. The predicted octanol–water partition coefficient (Wildman–Crippen LogP) is 1.22. The fraction of sp³-hybridized carbons (Fsp3) is 0.421. The molecule has 7 nitrogen and oxygen atoms in total. The molecule has 0 unspecified atom stereocenters. The maximum absolute atomic E-state index is 12.8. The van der Waals surface area contributed by atoms with Gasteiger partial charge in [-0.2, -0.15) is 0 Å². The summed E-state index contributed by atoms with van der Waals surface area (Å²) in [4.78, 5) is 25.1. The molecule has 136 valence electrons. The molecule has 0 saturated carbocycles. The zero-order valence-corrected chi connectivity index (χ0v) is 14.6. The summed E-state index contributed by atoms with van der Waals surface area (Å²) in [5.74, 6) is 0.00671. The third-order valence-corrected chi connectivity index (χ3v) is 4.82. The first-order valence-electron chi connectivity index (χ1n) is 8.82. The Morgan fingerprint density at radius 2 is 1.92 bits per heavy atom. The van der Waals surface area contributed by atoms with Crippen molar-refractivity contribution >= 4 is 11.6 Å². The Balaban J connectivity index is 1.53. The number of pyridine rings is 2. The Morgan fingerprint density at radius 1 is 1.04 bits per heavy atom. The molecule has 2 aliphatic rings. The number of hydrogen-bond donors (Lipinski definition) is 0. The van der Waals surface area contributed by atoms with E-state index in [-0.39, 0.29) is 5.91 Å². The van der Waals surface area contributed by atoms with E-state index in [1.54, 1.807) is 30.7 Å². The third-order valence-electron chi connectivity index (χ3n) is 4.82. The van der Waals surface area contributed by atoms with Crippen molar-refractivity contribution in [2.45, 2.75) is 5.60 Å². The fourth-order valence-electron chi connectivity index (χ4n) is 3.54. The average Bonchev–Trinajstić information content (AvgIpc) is 2.91. The monoisotopic (exact) mass is 354 g/mol. The molecule has 2 fully saturated rings. The van der Waals surface area contributed by atoms with Gasteiger partial charge < -0.3 is 19.3 Å². The average molecular weight is 354 g/mol. The molecule has 1 spiro atoms. The number of amides is 1. The van der Waals surface area contributed by atoms with Crippen LogP contribution in [-0.2, 0) is 9.47 Å². The molecule has 2 aromatic rings. The minimum Gasteiger partial charge on any atom is -0.376 e. The summed E-state index contributed by atoms with van der Waals surface area (Å²) in [5.41, 5.74) is 1.15. The second kappa shape index (κ2) is 7.39. The van der Waals surface area contributed by atoms with Crippen LogP contribution in [-0.4, -0.2) is 72.4 Å². The van der Waals surface area contributed by atoms with Crippen LogP contribution in [0.25, 0.3) is 0 Å². The van der Waals surface area contributed by atoms with Crippen LogP contribution in [0.5, 0.6) is 0 Å². The summed E-state index contributed by atoms with van der Waals surface area (Å²) < 4.78 is 12.0. The topological polar surface area (TPSA) is 67.8 Å². The van der Waals surface area contributed by atoms with Gasteiger partial charge in [0.15, 0.2) is 0 Å². The van der Waals surface area contributed by atoms with Crippen LogP contribution in [0.3, 0.4) is 0 Å². The van der Waals surface area contributed by atoms with Gasteiger partial charge in [-0.3, -0.25) is 14.8 Å². The number of hydrogen-bond acceptors (Lipinski definition) is 6. The molecule has 26 heavy (non-hydrogen) atoms. The summed E-state index contributed by atoms with van der Waals surface area (Å²) in [6, 6.07) is 7.45.